The number of hydrogen-bond acceptors (Lipinski definition) is 2. The van der Waals surface area contributed by atoms with E-state index >= 15 is 0 Å². The molecule has 0 amide bonds. The van der Waals surface area contributed by atoms with E-state index in [2.05, 4.69) is 40.3 Å². The molecule has 0 saturated carbocycles. The number of hydrogen-bond donors (Lipinski definition) is 2. The molecule has 0 saturated heterocycles. The number of nitrogens with one attached hydrogen (secondary N) is 2. The van der Waals surface area contributed by atoms with Crippen LogP contribution in [0.4, 0.5) is 0 Å². The Morgan fingerprint density at radius 3 is 2.43 bits per heavy atom. The first-order valence-electron chi connectivity index (χ1n) is 7.04. The van der Waals surface area contributed by atoms with Crippen molar-refractivity contribution >= 4 is 34.4 Å². The number of thiophene rings is 1. The van der Waals surface area contributed by atoms with Gasteiger partial charge in [0.2, 0.25) is 0 Å². The summed E-state index contributed by atoms with van der Waals surface area (Å²) in [6.07, 6.45) is 2.18. The van der Waals surface area contributed by atoms with Crippen LogP contribution in [0.2, 0.25) is 0 Å². The van der Waals surface area contributed by atoms with Gasteiger partial charge >= 0.3 is 17.1 Å². The molecule has 5 heteroatoms. The Morgan fingerprint density at radius 2 is 1.87 bits per heavy atom. The smallest absolute Gasteiger partial charge is 0.354 e. The molecule has 118 valence electrons. The third-order valence-electron chi connectivity index (χ3n) is 3.26. The molecule has 0 fully saturated rings. The maximum atomic E-state index is 5.25. The molecular weight excluding hydrogens is 364 g/mol. The monoisotopic (exact) mass is 380 g/mol. The quantitative estimate of drug-likeness (QED) is 0.391. The van der Waals surface area contributed by atoms with Crippen LogP contribution in [0.3, 0.4) is 0 Å². The third-order valence-corrected chi connectivity index (χ3v) is 4.38. The first kappa shape index (κ1) is 17.7. The van der Waals surface area contributed by atoms with Crippen molar-refractivity contribution in [1.82, 2.24) is 10.6 Å². The van der Waals surface area contributed by atoms with Crippen molar-refractivity contribution in [2.75, 3.05) is 0 Å². The normalized spacial score (nSPS) is 16.1. The van der Waals surface area contributed by atoms with E-state index in [-0.39, 0.29) is 23.1 Å². The molecule has 1 aromatic heterocycles. The van der Waals surface area contributed by atoms with Crippen LogP contribution in [-0.2, 0) is 17.1 Å². The van der Waals surface area contributed by atoms with Crippen LogP contribution in [0, 0.1) is 0 Å². The van der Waals surface area contributed by atoms with E-state index in [1.54, 1.807) is 11.3 Å². The molecule has 1 unspecified atom stereocenters. The SMILES string of the molecule is S=C1NC(c2cccs2)=CC(c2ccc[cH-]2)N1.[Fe+2].c1cc[cH-]c1. The van der Waals surface area contributed by atoms with E-state index in [0.717, 1.165) is 5.70 Å². The summed E-state index contributed by atoms with van der Waals surface area (Å²) in [5, 5.41) is 9.21. The second-order valence-corrected chi connectivity index (χ2v) is 6.17. The fourth-order valence-electron chi connectivity index (χ4n) is 2.22. The maximum Gasteiger partial charge on any atom is 2.00 e. The summed E-state index contributed by atoms with van der Waals surface area (Å²) in [5.74, 6) is 0. The first-order valence-corrected chi connectivity index (χ1v) is 8.33. The first-order chi connectivity index (χ1) is 10.8. The van der Waals surface area contributed by atoms with E-state index in [1.165, 1.54) is 10.4 Å². The molecule has 2 heterocycles. The minimum absolute atomic E-state index is 0. The summed E-state index contributed by atoms with van der Waals surface area (Å²) in [7, 11) is 0. The molecule has 1 aliphatic heterocycles. The van der Waals surface area contributed by atoms with Crippen molar-refractivity contribution in [3.05, 3.63) is 88.6 Å². The van der Waals surface area contributed by atoms with Crippen molar-refractivity contribution in [3.8, 4) is 0 Å². The fourth-order valence-corrected chi connectivity index (χ4v) is 3.17. The Labute approximate surface area is 156 Å². The third kappa shape index (κ3) is 4.91. The van der Waals surface area contributed by atoms with Crippen LogP contribution in [0.25, 0.3) is 5.70 Å². The average Bonchev–Trinajstić information content (AvgIpc) is 3.31. The van der Waals surface area contributed by atoms with Crippen molar-refractivity contribution in [1.29, 1.82) is 0 Å². The van der Waals surface area contributed by atoms with Crippen LogP contribution in [0.5, 0.6) is 0 Å². The molecule has 3 aromatic rings. The molecule has 1 aliphatic rings. The Morgan fingerprint density at radius 1 is 1.04 bits per heavy atom. The van der Waals surface area contributed by atoms with Gasteiger partial charge in [-0.1, -0.05) is 6.07 Å². The Bertz CT molecular complexity index is 696. The zero-order valence-corrected chi connectivity index (χ0v) is 15.0. The Hall–Kier alpha value is -1.65. The maximum absolute atomic E-state index is 5.25. The largest absolute Gasteiger partial charge is 2.00 e. The number of rotatable bonds is 2. The Kier molecular flexibility index (Phi) is 6.81. The Balaban J connectivity index is 0.000000276. The van der Waals surface area contributed by atoms with E-state index in [9.17, 15) is 0 Å². The second-order valence-electron chi connectivity index (χ2n) is 4.81. The second kappa shape index (κ2) is 8.84. The van der Waals surface area contributed by atoms with E-state index < -0.39 is 0 Å². The molecule has 2 N–H and O–H groups in total. The van der Waals surface area contributed by atoms with Gasteiger partial charge < -0.3 is 10.6 Å². The summed E-state index contributed by atoms with van der Waals surface area (Å²) in [4.78, 5) is 1.21. The molecule has 0 radical (unpaired) electrons. The van der Waals surface area contributed by atoms with Crippen LogP contribution < -0.4 is 10.6 Å². The van der Waals surface area contributed by atoms with E-state index in [4.69, 9.17) is 12.2 Å². The average molecular weight is 380 g/mol. The molecule has 0 aliphatic carbocycles. The molecular formula is C18H16FeN2S2. The van der Waals surface area contributed by atoms with Crippen LogP contribution >= 0.6 is 23.6 Å². The standard InChI is InChI=1S/C13H11N2S2.C5H5.Fe/c16-13-14-10(9-4-1-2-5-9)8-11(15-13)12-6-3-7-17-12;1-2-4-5-3-1;/h1-8,10H,(H2,14,15,16);1-5H;/q2*-1;+2. The van der Waals surface area contributed by atoms with Gasteiger partial charge in [-0.3, -0.25) is 0 Å². The topological polar surface area (TPSA) is 24.1 Å². The van der Waals surface area contributed by atoms with Gasteiger partial charge in [-0.15, -0.1) is 16.9 Å². The zero-order valence-electron chi connectivity index (χ0n) is 12.3. The molecule has 0 spiro atoms. The van der Waals surface area contributed by atoms with Crippen molar-refractivity contribution in [2.45, 2.75) is 6.04 Å². The minimum atomic E-state index is 0. The van der Waals surface area contributed by atoms with Crippen LogP contribution in [0.1, 0.15) is 16.5 Å². The van der Waals surface area contributed by atoms with E-state index in [1.807, 2.05) is 48.5 Å². The fraction of sp³-hybridized carbons (Fsp3) is 0.0556. The van der Waals surface area contributed by atoms with Gasteiger partial charge in [-0.05, 0) is 29.7 Å². The predicted octanol–water partition coefficient (Wildman–Crippen LogP) is 4.43. The molecule has 0 bridgehead atoms. The molecule has 1 atom stereocenters. The molecule has 2 nitrogen and oxygen atoms in total. The summed E-state index contributed by atoms with van der Waals surface area (Å²) in [5.41, 5.74) is 2.33. The number of thiocarbonyl (C=S) groups is 1. The van der Waals surface area contributed by atoms with Gasteiger partial charge in [0.15, 0.2) is 5.11 Å². The van der Waals surface area contributed by atoms with Gasteiger partial charge in [0.25, 0.3) is 0 Å². The summed E-state index contributed by atoms with van der Waals surface area (Å²) >= 11 is 6.96. The summed E-state index contributed by atoms with van der Waals surface area (Å²) < 4.78 is 0. The molecule has 23 heavy (non-hydrogen) atoms. The summed E-state index contributed by atoms with van der Waals surface area (Å²) in [6, 6.07) is 22.6. The van der Waals surface area contributed by atoms with Gasteiger partial charge in [0.1, 0.15) is 0 Å². The van der Waals surface area contributed by atoms with Gasteiger partial charge in [0.05, 0.1) is 16.6 Å². The van der Waals surface area contributed by atoms with Crippen molar-refractivity contribution < 1.29 is 17.1 Å². The predicted molar refractivity (Wildman–Crippen MR) is 98.0 cm³/mol. The van der Waals surface area contributed by atoms with Gasteiger partial charge in [0, 0.05) is 0 Å². The van der Waals surface area contributed by atoms with Gasteiger partial charge in [-0.25, -0.2) is 24.3 Å². The van der Waals surface area contributed by atoms with Crippen molar-refractivity contribution in [2.24, 2.45) is 0 Å². The van der Waals surface area contributed by atoms with Crippen LogP contribution in [-0.4, -0.2) is 5.11 Å². The minimum Gasteiger partial charge on any atom is -0.354 e. The summed E-state index contributed by atoms with van der Waals surface area (Å²) in [6.45, 7) is 0. The molecule has 4 rings (SSSR count). The zero-order chi connectivity index (χ0) is 15.2. The van der Waals surface area contributed by atoms with E-state index in [0.29, 0.717) is 5.11 Å². The van der Waals surface area contributed by atoms with Crippen LogP contribution in [0.15, 0.2) is 78.2 Å². The van der Waals surface area contributed by atoms with Gasteiger partial charge in [-0.2, -0.15) is 30.3 Å². The molecule has 2 aromatic carbocycles. The van der Waals surface area contributed by atoms with Crippen molar-refractivity contribution in [3.63, 3.8) is 0 Å².